The van der Waals surface area contributed by atoms with Gasteiger partial charge in [0.05, 0.1) is 11.6 Å². The first kappa shape index (κ1) is 17.9. The standard InChI is InChI=1S/C18H19F3N2OS/c1-12(23-10-2-4-15(23)16-5-3-11-25-16)17(24)22-14-8-6-13(7-9-14)18(19,20)21/h3,5-9,11-12,15H,2,4,10H2,1H3,(H,22,24)/t12-,15+/m0/s1. The molecule has 1 aromatic heterocycles. The summed E-state index contributed by atoms with van der Waals surface area (Å²) in [6.45, 7) is 2.68. The van der Waals surface area contributed by atoms with Crippen LogP contribution in [-0.2, 0) is 11.0 Å². The van der Waals surface area contributed by atoms with Crippen LogP contribution >= 0.6 is 11.3 Å². The van der Waals surface area contributed by atoms with Crippen molar-refractivity contribution in [1.82, 2.24) is 4.90 Å². The molecule has 2 aromatic rings. The van der Waals surface area contributed by atoms with Crippen molar-refractivity contribution >= 4 is 22.9 Å². The second-order valence-electron chi connectivity index (χ2n) is 6.15. The molecule has 1 fully saturated rings. The highest BCUT2D eigenvalue weighted by atomic mass is 32.1. The maximum absolute atomic E-state index is 12.6. The molecule has 1 aliphatic heterocycles. The van der Waals surface area contributed by atoms with Crippen LogP contribution in [0.1, 0.15) is 36.2 Å². The van der Waals surface area contributed by atoms with Crippen LogP contribution in [0.3, 0.4) is 0 Å². The molecule has 1 saturated heterocycles. The van der Waals surface area contributed by atoms with Gasteiger partial charge >= 0.3 is 6.18 Å². The molecule has 134 valence electrons. The predicted octanol–water partition coefficient (Wildman–Crippen LogP) is 4.93. The molecule has 1 aliphatic rings. The van der Waals surface area contributed by atoms with Crippen LogP contribution in [0.4, 0.5) is 18.9 Å². The van der Waals surface area contributed by atoms with E-state index < -0.39 is 11.7 Å². The van der Waals surface area contributed by atoms with Crippen molar-refractivity contribution in [2.75, 3.05) is 11.9 Å². The first-order chi connectivity index (χ1) is 11.9. The van der Waals surface area contributed by atoms with Crippen LogP contribution < -0.4 is 5.32 Å². The van der Waals surface area contributed by atoms with Gasteiger partial charge in [-0.25, -0.2) is 0 Å². The topological polar surface area (TPSA) is 32.3 Å². The molecule has 0 radical (unpaired) electrons. The molecule has 0 bridgehead atoms. The van der Waals surface area contributed by atoms with Gasteiger partial charge in [0.2, 0.25) is 5.91 Å². The van der Waals surface area contributed by atoms with Gasteiger partial charge in [-0.3, -0.25) is 9.69 Å². The average Bonchev–Trinajstić information content (AvgIpc) is 3.24. The highest BCUT2D eigenvalue weighted by Crippen LogP contribution is 2.36. The van der Waals surface area contributed by atoms with Gasteiger partial charge in [-0.15, -0.1) is 11.3 Å². The number of carbonyl (C=O) groups is 1. The lowest BCUT2D eigenvalue weighted by molar-refractivity contribution is -0.137. The van der Waals surface area contributed by atoms with E-state index in [1.165, 1.54) is 17.0 Å². The number of halogens is 3. The van der Waals surface area contributed by atoms with Crippen molar-refractivity contribution in [2.45, 2.75) is 38.0 Å². The predicted molar refractivity (Wildman–Crippen MR) is 92.5 cm³/mol. The molecule has 2 atom stereocenters. The molecule has 0 saturated carbocycles. The fourth-order valence-electron chi connectivity index (χ4n) is 3.18. The third kappa shape index (κ3) is 4.04. The summed E-state index contributed by atoms with van der Waals surface area (Å²) in [6.07, 6.45) is -2.34. The minimum absolute atomic E-state index is 0.205. The Morgan fingerprint density at radius 1 is 1.28 bits per heavy atom. The summed E-state index contributed by atoms with van der Waals surface area (Å²) in [5, 5.41) is 4.75. The molecule has 3 nitrogen and oxygen atoms in total. The summed E-state index contributed by atoms with van der Waals surface area (Å²) >= 11 is 1.68. The number of nitrogens with one attached hydrogen (secondary N) is 1. The number of alkyl halides is 3. The molecule has 25 heavy (non-hydrogen) atoms. The minimum atomic E-state index is -4.38. The summed E-state index contributed by atoms with van der Waals surface area (Å²) in [6, 6.07) is 8.49. The Morgan fingerprint density at radius 2 is 2.00 bits per heavy atom. The Labute approximate surface area is 148 Å². The Balaban J connectivity index is 1.66. The van der Waals surface area contributed by atoms with E-state index in [0.29, 0.717) is 5.69 Å². The Morgan fingerprint density at radius 3 is 2.60 bits per heavy atom. The number of anilines is 1. The fraction of sp³-hybridized carbons (Fsp3) is 0.389. The Bertz CT molecular complexity index is 713. The number of carbonyl (C=O) groups excluding carboxylic acids is 1. The third-order valence-electron chi connectivity index (χ3n) is 4.52. The van der Waals surface area contributed by atoms with Gasteiger partial charge in [-0.2, -0.15) is 13.2 Å². The number of thiophene rings is 1. The number of amides is 1. The lowest BCUT2D eigenvalue weighted by Crippen LogP contribution is -2.41. The molecule has 3 rings (SSSR count). The molecule has 1 aromatic carbocycles. The number of hydrogen-bond acceptors (Lipinski definition) is 3. The molecule has 0 aliphatic carbocycles. The lowest BCUT2D eigenvalue weighted by Gasteiger charge is -2.29. The summed E-state index contributed by atoms with van der Waals surface area (Å²) in [5.41, 5.74) is -0.354. The van der Waals surface area contributed by atoms with E-state index in [2.05, 4.69) is 16.3 Å². The van der Waals surface area contributed by atoms with Crippen molar-refractivity contribution in [2.24, 2.45) is 0 Å². The molecule has 2 heterocycles. The zero-order chi connectivity index (χ0) is 18.0. The van der Waals surface area contributed by atoms with Crippen molar-refractivity contribution in [3.05, 3.63) is 52.2 Å². The van der Waals surface area contributed by atoms with Crippen LogP contribution in [0.15, 0.2) is 41.8 Å². The SMILES string of the molecule is C[C@@H](C(=O)Nc1ccc(C(F)(F)F)cc1)N1CCC[C@@H]1c1cccs1. The highest BCUT2D eigenvalue weighted by molar-refractivity contribution is 7.10. The van der Waals surface area contributed by atoms with E-state index >= 15 is 0 Å². The van der Waals surface area contributed by atoms with E-state index in [1.807, 2.05) is 18.4 Å². The monoisotopic (exact) mass is 368 g/mol. The van der Waals surface area contributed by atoms with Crippen LogP contribution in [-0.4, -0.2) is 23.4 Å². The van der Waals surface area contributed by atoms with E-state index in [4.69, 9.17) is 0 Å². The minimum Gasteiger partial charge on any atom is -0.325 e. The Kier molecular flexibility index (Phi) is 5.15. The van der Waals surface area contributed by atoms with Crippen molar-refractivity contribution in [3.8, 4) is 0 Å². The molecule has 1 N–H and O–H groups in total. The summed E-state index contributed by atoms with van der Waals surface area (Å²) in [5.74, 6) is -0.205. The largest absolute Gasteiger partial charge is 0.416 e. The highest BCUT2D eigenvalue weighted by Gasteiger charge is 2.34. The van der Waals surface area contributed by atoms with Crippen molar-refractivity contribution in [3.63, 3.8) is 0 Å². The van der Waals surface area contributed by atoms with E-state index in [-0.39, 0.29) is 18.0 Å². The van der Waals surface area contributed by atoms with Gasteiger partial charge in [0.25, 0.3) is 0 Å². The van der Waals surface area contributed by atoms with Gasteiger partial charge < -0.3 is 5.32 Å². The maximum atomic E-state index is 12.6. The van der Waals surface area contributed by atoms with E-state index in [1.54, 1.807) is 11.3 Å². The smallest absolute Gasteiger partial charge is 0.325 e. The first-order valence-corrected chi connectivity index (χ1v) is 9.01. The van der Waals surface area contributed by atoms with Crippen LogP contribution in [0.25, 0.3) is 0 Å². The second kappa shape index (κ2) is 7.17. The van der Waals surface area contributed by atoms with Crippen LogP contribution in [0.5, 0.6) is 0 Å². The molecular weight excluding hydrogens is 349 g/mol. The molecule has 1 amide bonds. The quantitative estimate of drug-likeness (QED) is 0.830. The zero-order valence-electron chi connectivity index (χ0n) is 13.7. The van der Waals surface area contributed by atoms with E-state index in [0.717, 1.165) is 31.5 Å². The normalized spacial score (nSPS) is 19.8. The molecule has 0 spiro atoms. The number of rotatable bonds is 4. The summed E-state index contributed by atoms with van der Waals surface area (Å²) in [4.78, 5) is 15.9. The molecule has 0 unspecified atom stereocenters. The lowest BCUT2D eigenvalue weighted by atomic mass is 10.1. The maximum Gasteiger partial charge on any atom is 0.416 e. The van der Waals surface area contributed by atoms with Gasteiger partial charge in [-0.1, -0.05) is 6.07 Å². The van der Waals surface area contributed by atoms with Gasteiger partial charge in [-0.05, 0) is 62.0 Å². The summed E-state index contributed by atoms with van der Waals surface area (Å²) < 4.78 is 37.8. The number of nitrogens with zero attached hydrogens (tertiary/aromatic N) is 1. The van der Waals surface area contributed by atoms with Gasteiger partial charge in [0.1, 0.15) is 0 Å². The van der Waals surface area contributed by atoms with Crippen molar-refractivity contribution < 1.29 is 18.0 Å². The number of benzene rings is 1. The fourth-order valence-corrected chi connectivity index (χ4v) is 4.06. The molecule has 7 heteroatoms. The number of hydrogen-bond donors (Lipinski definition) is 1. The number of likely N-dealkylation sites (tertiary alicyclic amines) is 1. The average molecular weight is 368 g/mol. The Hall–Kier alpha value is -1.86. The van der Waals surface area contributed by atoms with E-state index in [9.17, 15) is 18.0 Å². The van der Waals surface area contributed by atoms with Crippen molar-refractivity contribution in [1.29, 1.82) is 0 Å². The zero-order valence-corrected chi connectivity index (χ0v) is 14.5. The van der Waals surface area contributed by atoms with Crippen LogP contribution in [0, 0.1) is 0 Å². The van der Waals surface area contributed by atoms with Crippen LogP contribution in [0.2, 0.25) is 0 Å². The first-order valence-electron chi connectivity index (χ1n) is 8.13. The summed E-state index contributed by atoms with van der Waals surface area (Å²) in [7, 11) is 0. The third-order valence-corrected chi connectivity index (χ3v) is 5.50. The van der Waals surface area contributed by atoms with Gasteiger partial charge in [0.15, 0.2) is 0 Å². The second-order valence-corrected chi connectivity index (χ2v) is 7.13. The molecular formula is C18H19F3N2OS. The van der Waals surface area contributed by atoms with Gasteiger partial charge in [0, 0.05) is 16.6 Å².